The van der Waals surface area contributed by atoms with Gasteiger partial charge in [-0.2, -0.15) is 0 Å². The van der Waals surface area contributed by atoms with E-state index in [2.05, 4.69) is 10.6 Å². The van der Waals surface area contributed by atoms with E-state index in [9.17, 15) is 23.0 Å². The van der Waals surface area contributed by atoms with Crippen LogP contribution in [0.25, 0.3) is 0 Å². The molecule has 0 spiro atoms. The van der Waals surface area contributed by atoms with Crippen molar-refractivity contribution >= 4 is 39.9 Å². The van der Waals surface area contributed by atoms with Crippen molar-refractivity contribution in [2.45, 2.75) is 51.1 Å². The Balaban J connectivity index is 1.54. The number of nitrogens with one attached hydrogen (secondary N) is 2. The fourth-order valence-electron chi connectivity index (χ4n) is 4.62. The third kappa shape index (κ3) is 7.86. The maximum absolute atomic E-state index is 13.7. The molecule has 0 bridgehead atoms. The van der Waals surface area contributed by atoms with Crippen LogP contribution in [0.1, 0.15) is 49.5 Å². The maximum Gasteiger partial charge on any atom is 0.251 e. The van der Waals surface area contributed by atoms with Gasteiger partial charge < -0.3 is 15.1 Å². The van der Waals surface area contributed by atoms with E-state index in [1.54, 1.807) is 24.3 Å². The number of hydrogen-bond acceptors (Lipinski definition) is 5. The maximum atomic E-state index is 13.7. The number of carbonyl (C=O) groups excluding carboxylic acids is 3. The molecule has 0 saturated heterocycles. The highest BCUT2D eigenvalue weighted by Crippen LogP contribution is 2.30. The second-order valence-corrected chi connectivity index (χ2v) is 11.1. The minimum Gasteiger partial charge on any atom is -0.467 e. The van der Waals surface area contributed by atoms with E-state index in [1.807, 2.05) is 19.1 Å². The van der Waals surface area contributed by atoms with E-state index in [0.717, 1.165) is 37.7 Å². The molecule has 3 aromatic rings. The fraction of sp³-hybridized carbons (Fsp3) is 0.345. The van der Waals surface area contributed by atoms with Gasteiger partial charge in [0.2, 0.25) is 11.8 Å². The molecule has 1 saturated carbocycles. The van der Waals surface area contributed by atoms with Crippen LogP contribution in [0.15, 0.2) is 71.3 Å². The van der Waals surface area contributed by atoms with E-state index in [4.69, 9.17) is 4.42 Å². The van der Waals surface area contributed by atoms with Gasteiger partial charge in [0.25, 0.3) is 5.91 Å². The van der Waals surface area contributed by atoms with Crippen molar-refractivity contribution in [3.63, 3.8) is 0 Å². The number of anilines is 2. The Hall–Kier alpha value is -3.79. The van der Waals surface area contributed by atoms with Crippen molar-refractivity contribution in [1.82, 2.24) is 5.32 Å². The number of carbonyl (C=O) groups is 3. The Bertz CT molecular complexity index is 1290. The Kier molecular flexibility index (Phi) is 9.64. The smallest absolute Gasteiger partial charge is 0.251 e. The molecule has 1 fully saturated rings. The molecule has 10 heteroatoms. The number of amides is 3. The summed E-state index contributed by atoms with van der Waals surface area (Å²) >= 11 is 0. The Morgan fingerprint density at radius 1 is 1.00 bits per heavy atom. The number of furan rings is 1. The number of rotatable bonds is 10. The third-order valence-corrected chi connectivity index (χ3v) is 7.71. The quantitative estimate of drug-likeness (QED) is 0.380. The topological polar surface area (TPSA) is 109 Å². The van der Waals surface area contributed by atoms with Gasteiger partial charge in [0.1, 0.15) is 23.1 Å². The van der Waals surface area contributed by atoms with Crippen LogP contribution >= 0.6 is 0 Å². The van der Waals surface area contributed by atoms with Crippen molar-refractivity contribution in [3.05, 3.63) is 84.1 Å². The molecule has 4 rings (SSSR count). The van der Waals surface area contributed by atoms with Gasteiger partial charge >= 0.3 is 0 Å². The SMILES string of the molecule is Cc1ccc(N(C(=O)C[S@@](=O)CC(=O)Nc2ccc(F)cc2)[C@@H](C(=O)NC2CCCCC2)c2ccco2)cc1. The number of nitrogens with zero attached hydrogens (tertiary/aromatic N) is 1. The van der Waals surface area contributed by atoms with E-state index < -0.39 is 46.0 Å². The van der Waals surface area contributed by atoms with Crippen LogP contribution in [0.3, 0.4) is 0 Å². The second-order valence-electron chi connectivity index (χ2n) is 9.64. The van der Waals surface area contributed by atoms with Crippen LogP contribution in [0.5, 0.6) is 0 Å². The van der Waals surface area contributed by atoms with Gasteiger partial charge in [0.15, 0.2) is 6.04 Å². The summed E-state index contributed by atoms with van der Waals surface area (Å²) in [5, 5.41) is 5.63. The van der Waals surface area contributed by atoms with E-state index in [1.165, 1.54) is 35.4 Å². The molecule has 3 amide bonds. The van der Waals surface area contributed by atoms with E-state index in [0.29, 0.717) is 11.4 Å². The highest BCUT2D eigenvalue weighted by molar-refractivity contribution is 7.86. The molecule has 39 heavy (non-hydrogen) atoms. The van der Waals surface area contributed by atoms with Crippen molar-refractivity contribution < 1.29 is 27.4 Å². The van der Waals surface area contributed by atoms with Crippen molar-refractivity contribution in [3.8, 4) is 0 Å². The Labute approximate surface area is 229 Å². The first-order valence-electron chi connectivity index (χ1n) is 12.9. The molecular weight excluding hydrogens is 521 g/mol. The zero-order valence-electron chi connectivity index (χ0n) is 21.7. The fourth-order valence-corrected chi connectivity index (χ4v) is 5.51. The van der Waals surface area contributed by atoms with Crippen molar-refractivity contribution in [2.24, 2.45) is 0 Å². The van der Waals surface area contributed by atoms with Crippen LogP contribution in [-0.4, -0.2) is 39.5 Å². The summed E-state index contributed by atoms with van der Waals surface area (Å²) in [6.45, 7) is 1.91. The van der Waals surface area contributed by atoms with E-state index >= 15 is 0 Å². The molecule has 0 unspecified atom stereocenters. The lowest BCUT2D eigenvalue weighted by molar-refractivity contribution is -0.127. The summed E-state index contributed by atoms with van der Waals surface area (Å²) in [7, 11) is -1.88. The molecule has 206 valence electrons. The molecule has 1 aliphatic carbocycles. The summed E-state index contributed by atoms with van der Waals surface area (Å²) in [6.07, 6.45) is 6.34. The number of benzene rings is 2. The minimum atomic E-state index is -1.88. The molecule has 0 radical (unpaired) electrons. The van der Waals surface area contributed by atoms with Gasteiger partial charge in [-0.3, -0.25) is 23.5 Å². The normalized spacial score (nSPS) is 15.2. The lowest BCUT2D eigenvalue weighted by Gasteiger charge is -2.32. The average molecular weight is 554 g/mol. The van der Waals surface area contributed by atoms with Crippen LogP contribution in [0, 0.1) is 12.7 Å². The van der Waals surface area contributed by atoms with Gasteiger partial charge in [0.05, 0.1) is 6.26 Å². The number of halogens is 1. The van der Waals surface area contributed by atoms with Gasteiger partial charge in [-0.1, -0.05) is 37.0 Å². The molecule has 8 nitrogen and oxygen atoms in total. The number of hydrogen-bond donors (Lipinski definition) is 2. The summed E-state index contributed by atoms with van der Waals surface area (Å²) in [5.41, 5.74) is 1.76. The Morgan fingerprint density at radius 2 is 1.69 bits per heavy atom. The summed E-state index contributed by atoms with van der Waals surface area (Å²) in [6, 6.07) is 14.4. The standard InChI is InChI=1S/C29H32FN3O5S/c1-20-9-15-24(16-10-20)33(27(35)19-39(37)18-26(34)31-23-13-11-21(30)12-14-23)28(25-8-5-17-38-25)29(36)32-22-6-3-2-4-7-22/h5,8-17,22,28H,2-4,6-7,18-19H2,1H3,(H,31,34)(H,32,36)/t28-,39+/m1/s1. The summed E-state index contributed by atoms with van der Waals surface area (Å²) in [5.74, 6) is -2.65. The van der Waals surface area contributed by atoms with Gasteiger partial charge in [-0.05, 0) is 68.3 Å². The third-order valence-electron chi connectivity index (χ3n) is 6.56. The largest absolute Gasteiger partial charge is 0.467 e. The monoisotopic (exact) mass is 553 g/mol. The van der Waals surface area contributed by atoms with Gasteiger partial charge in [-0.25, -0.2) is 4.39 Å². The van der Waals surface area contributed by atoms with Gasteiger partial charge in [0, 0.05) is 28.2 Å². The lowest BCUT2D eigenvalue weighted by Crippen LogP contribution is -2.48. The predicted octanol–water partition coefficient (Wildman–Crippen LogP) is 4.64. The zero-order chi connectivity index (χ0) is 27.8. The van der Waals surface area contributed by atoms with Gasteiger partial charge in [-0.15, -0.1) is 0 Å². The Morgan fingerprint density at radius 3 is 2.33 bits per heavy atom. The van der Waals surface area contributed by atoms with Crippen LogP contribution in [0.4, 0.5) is 15.8 Å². The van der Waals surface area contributed by atoms with Crippen LogP contribution in [0.2, 0.25) is 0 Å². The first-order valence-corrected chi connectivity index (χ1v) is 14.4. The lowest BCUT2D eigenvalue weighted by atomic mass is 9.95. The molecule has 1 heterocycles. The summed E-state index contributed by atoms with van der Waals surface area (Å²) < 4.78 is 31.6. The predicted molar refractivity (Wildman–Crippen MR) is 148 cm³/mol. The second kappa shape index (κ2) is 13.3. The van der Waals surface area contributed by atoms with Crippen molar-refractivity contribution in [1.29, 1.82) is 0 Å². The zero-order valence-corrected chi connectivity index (χ0v) is 22.5. The molecular formula is C29H32FN3O5S. The highest BCUT2D eigenvalue weighted by atomic mass is 32.2. The van der Waals surface area contributed by atoms with E-state index in [-0.39, 0.29) is 17.7 Å². The molecule has 2 aromatic carbocycles. The number of aryl methyl sites for hydroxylation is 1. The highest BCUT2D eigenvalue weighted by Gasteiger charge is 2.36. The first kappa shape index (κ1) is 28.2. The van der Waals surface area contributed by atoms with Crippen LogP contribution in [-0.2, 0) is 25.2 Å². The molecule has 2 atom stereocenters. The summed E-state index contributed by atoms with van der Waals surface area (Å²) in [4.78, 5) is 41.1. The van der Waals surface area contributed by atoms with Crippen LogP contribution < -0.4 is 15.5 Å². The molecule has 0 aliphatic heterocycles. The molecule has 1 aromatic heterocycles. The minimum absolute atomic E-state index is 0.00275. The average Bonchev–Trinajstić information content (AvgIpc) is 3.44. The van der Waals surface area contributed by atoms with Crippen molar-refractivity contribution in [2.75, 3.05) is 21.7 Å². The molecule has 2 N–H and O–H groups in total. The first-order chi connectivity index (χ1) is 18.8. The molecule has 1 aliphatic rings.